The molecule has 0 unspecified atom stereocenters. The minimum atomic E-state index is -0.413. The molecule has 4 aromatic rings. The molecule has 0 saturated heterocycles. The van der Waals surface area contributed by atoms with Gasteiger partial charge in [-0.2, -0.15) is 10.3 Å². The largest absolute Gasteiger partial charge is 0.324 e. The van der Waals surface area contributed by atoms with Crippen molar-refractivity contribution < 1.29 is 4.79 Å². The molecule has 4 rings (SSSR count). The summed E-state index contributed by atoms with van der Waals surface area (Å²) in [7, 11) is 0. The van der Waals surface area contributed by atoms with Crippen LogP contribution in [0.3, 0.4) is 0 Å². The first-order valence-corrected chi connectivity index (χ1v) is 10.7. The molecular weight excluding hydrogens is 400 g/mol. The molecular formula is C26H24N4O2. The number of nitriles is 1. The van der Waals surface area contributed by atoms with E-state index < -0.39 is 5.91 Å². The fourth-order valence-electron chi connectivity index (χ4n) is 3.95. The summed E-state index contributed by atoms with van der Waals surface area (Å²) in [6, 6.07) is 16.6. The van der Waals surface area contributed by atoms with E-state index in [2.05, 4.69) is 18.0 Å². The van der Waals surface area contributed by atoms with Crippen LogP contribution in [0.25, 0.3) is 16.4 Å². The standard InChI is InChI=1S/C26H24N4O2/c1-4-5-11-29-23-15-22-18(3)9-7-12-30(22)26(32)21(23)14-20(16-27)24(29)28-25(31)19-10-6-8-17(2)13-19/h6-10,12-15H,4-5,11H2,1-3H3. The molecule has 1 amide bonds. The average Bonchev–Trinajstić information content (AvgIpc) is 2.79. The Hall–Kier alpha value is -3.98. The van der Waals surface area contributed by atoms with Crippen molar-refractivity contribution in [1.29, 1.82) is 5.26 Å². The van der Waals surface area contributed by atoms with Crippen molar-refractivity contribution in [1.82, 2.24) is 8.97 Å². The topological polar surface area (TPSA) is 79.6 Å². The van der Waals surface area contributed by atoms with E-state index in [9.17, 15) is 14.9 Å². The average molecular weight is 425 g/mol. The van der Waals surface area contributed by atoms with Crippen LogP contribution in [0.1, 0.15) is 46.8 Å². The Morgan fingerprint density at radius 2 is 1.91 bits per heavy atom. The summed E-state index contributed by atoms with van der Waals surface area (Å²) in [5, 5.41) is 10.3. The van der Waals surface area contributed by atoms with Gasteiger partial charge in [-0.05, 0) is 56.2 Å². The van der Waals surface area contributed by atoms with Gasteiger partial charge in [-0.3, -0.25) is 14.0 Å². The van der Waals surface area contributed by atoms with E-state index in [-0.39, 0.29) is 16.6 Å². The maximum atomic E-state index is 13.3. The van der Waals surface area contributed by atoms with Crippen LogP contribution >= 0.6 is 0 Å². The maximum absolute atomic E-state index is 13.3. The van der Waals surface area contributed by atoms with E-state index in [1.165, 1.54) is 0 Å². The summed E-state index contributed by atoms with van der Waals surface area (Å²) >= 11 is 0. The summed E-state index contributed by atoms with van der Waals surface area (Å²) in [4.78, 5) is 30.6. The Labute approximate surface area is 185 Å². The van der Waals surface area contributed by atoms with E-state index in [1.807, 2.05) is 48.7 Å². The Kier molecular flexibility index (Phi) is 5.74. The second kappa shape index (κ2) is 8.64. The lowest BCUT2D eigenvalue weighted by Crippen LogP contribution is -2.29. The van der Waals surface area contributed by atoms with Crippen molar-refractivity contribution in [3.05, 3.63) is 92.8 Å². The van der Waals surface area contributed by atoms with Crippen molar-refractivity contribution in [2.45, 2.75) is 40.2 Å². The zero-order valence-corrected chi connectivity index (χ0v) is 18.4. The predicted octanol–water partition coefficient (Wildman–Crippen LogP) is 4.28. The zero-order valence-electron chi connectivity index (χ0n) is 18.4. The molecule has 0 atom stereocenters. The molecule has 0 spiro atoms. The SMILES string of the molecule is CCCCn1c(=NC(=O)c2cccc(C)c2)c(C#N)cc2c(=O)n3cccc(C)c3cc21. The van der Waals surface area contributed by atoms with Crippen molar-refractivity contribution in [2.24, 2.45) is 4.99 Å². The number of nitrogens with zero attached hydrogens (tertiary/aromatic N) is 4. The number of unbranched alkanes of at least 4 members (excludes halogenated alkanes) is 1. The molecule has 0 aliphatic rings. The van der Waals surface area contributed by atoms with Crippen LogP contribution in [-0.2, 0) is 6.54 Å². The molecule has 0 fully saturated rings. The Morgan fingerprint density at radius 1 is 1.09 bits per heavy atom. The van der Waals surface area contributed by atoms with Gasteiger partial charge in [0.15, 0.2) is 5.49 Å². The van der Waals surface area contributed by atoms with Crippen LogP contribution in [-0.4, -0.2) is 14.9 Å². The lowest BCUT2D eigenvalue weighted by atomic mass is 10.1. The van der Waals surface area contributed by atoms with E-state index in [0.717, 1.165) is 29.5 Å². The van der Waals surface area contributed by atoms with E-state index >= 15 is 0 Å². The van der Waals surface area contributed by atoms with E-state index in [1.54, 1.807) is 28.8 Å². The fourth-order valence-corrected chi connectivity index (χ4v) is 3.95. The van der Waals surface area contributed by atoms with E-state index in [4.69, 9.17) is 0 Å². The third kappa shape index (κ3) is 3.74. The van der Waals surface area contributed by atoms with Gasteiger partial charge in [0.2, 0.25) is 0 Å². The zero-order chi connectivity index (χ0) is 22.8. The van der Waals surface area contributed by atoms with Gasteiger partial charge in [-0.25, -0.2) is 0 Å². The third-order valence-electron chi connectivity index (χ3n) is 5.65. The van der Waals surface area contributed by atoms with Gasteiger partial charge in [0.1, 0.15) is 6.07 Å². The van der Waals surface area contributed by atoms with Gasteiger partial charge in [0, 0.05) is 18.3 Å². The highest BCUT2D eigenvalue weighted by molar-refractivity contribution is 5.95. The van der Waals surface area contributed by atoms with Crippen LogP contribution in [0.15, 0.2) is 64.5 Å². The molecule has 0 saturated carbocycles. The molecule has 3 aromatic heterocycles. The molecule has 6 heteroatoms. The molecule has 0 N–H and O–H groups in total. The lowest BCUT2D eigenvalue weighted by Gasteiger charge is -2.15. The molecule has 1 aromatic carbocycles. The summed E-state index contributed by atoms with van der Waals surface area (Å²) < 4.78 is 3.44. The molecule has 3 heterocycles. The summed E-state index contributed by atoms with van der Waals surface area (Å²) in [6.45, 7) is 6.48. The number of aryl methyl sites for hydroxylation is 3. The second-order valence-corrected chi connectivity index (χ2v) is 7.98. The smallest absolute Gasteiger partial charge is 0.279 e. The van der Waals surface area contributed by atoms with Crippen molar-refractivity contribution >= 4 is 22.3 Å². The molecule has 32 heavy (non-hydrogen) atoms. The number of hydrogen-bond donors (Lipinski definition) is 0. The number of hydrogen-bond acceptors (Lipinski definition) is 3. The number of rotatable bonds is 4. The Bertz CT molecular complexity index is 1530. The number of fused-ring (bicyclic) bond motifs is 2. The molecule has 0 aliphatic heterocycles. The van der Waals surface area contributed by atoms with Crippen LogP contribution < -0.4 is 11.0 Å². The molecule has 0 radical (unpaired) electrons. The van der Waals surface area contributed by atoms with Crippen LogP contribution in [0.5, 0.6) is 0 Å². The first-order valence-electron chi connectivity index (χ1n) is 10.7. The molecule has 0 aliphatic carbocycles. The summed E-state index contributed by atoms with van der Waals surface area (Å²) in [6.07, 6.45) is 3.47. The van der Waals surface area contributed by atoms with Gasteiger partial charge in [0.25, 0.3) is 11.5 Å². The van der Waals surface area contributed by atoms with Crippen molar-refractivity contribution in [2.75, 3.05) is 0 Å². The first kappa shape index (κ1) is 21.3. The van der Waals surface area contributed by atoms with Gasteiger partial charge >= 0.3 is 0 Å². The van der Waals surface area contributed by atoms with Gasteiger partial charge in [-0.15, -0.1) is 0 Å². The number of benzene rings is 1. The monoisotopic (exact) mass is 424 g/mol. The first-order chi connectivity index (χ1) is 15.4. The van der Waals surface area contributed by atoms with Gasteiger partial charge in [-0.1, -0.05) is 37.1 Å². The summed E-state index contributed by atoms with van der Waals surface area (Å²) in [5.41, 5.74) is 4.15. The molecule has 6 nitrogen and oxygen atoms in total. The number of carbonyl (C=O) groups is 1. The minimum absolute atomic E-state index is 0.195. The normalized spacial score (nSPS) is 11.8. The number of aromatic nitrogens is 2. The van der Waals surface area contributed by atoms with Gasteiger partial charge in [0.05, 0.1) is 22.0 Å². The van der Waals surface area contributed by atoms with E-state index in [0.29, 0.717) is 23.0 Å². The van der Waals surface area contributed by atoms with Crippen LogP contribution in [0, 0.1) is 25.2 Å². The van der Waals surface area contributed by atoms with Crippen molar-refractivity contribution in [3.8, 4) is 6.07 Å². The quantitative estimate of drug-likeness (QED) is 0.459. The highest BCUT2D eigenvalue weighted by Crippen LogP contribution is 2.17. The molecule has 160 valence electrons. The Balaban J connectivity index is 2.11. The van der Waals surface area contributed by atoms with Crippen LogP contribution in [0.4, 0.5) is 0 Å². The highest BCUT2D eigenvalue weighted by Gasteiger charge is 2.15. The van der Waals surface area contributed by atoms with Crippen molar-refractivity contribution in [3.63, 3.8) is 0 Å². The summed E-state index contributed by atoms with van der Waals surface area (Å²) in [5.74, 6) is -0.413. The van der Waals surface area contributed by atoms with Crippen LogP contribution in [0.2, 0.25) is 0 Å². The third-order valence-corrected chi connectivity index (χ3v) is 5.65. The highest BCUT2D eigenvalue weighted by atomic mass is 16.1. The number of carbonyl (C=O) groups excluding carboxylic acids is 1. The van der Waals surface area contributed by atoms with Gasteiger partial charge < -0.3 is 4.57 Å². The number of amides is 1. The second-order valence-electron chi connectivity index (χ2n) is 7.98. The lowest BCUT2D eigenvalue weighted by molar-refractivity contribution is 0.0997. The Morgan fingerprint density at radius 3 is 2.62 bits per heavy atom. The fraction of sp³-hybridized carbons (Fsp3) is 0.231. The number of pyridine rings is 3. The molecule has 0 bridgehead atoms. The minimum Gasteiger partial charge on any atom is -0.324 e. The predicted molar refractivity (Wildman–Crippen MR) is 125 cm³/mol. The maximum Gasteiger partial charge on any atom is 0.279 e.